The van der Waals surface area contributed by atoms with Crippen LogP contribution in [0.3, 0.4) is 0 Å². The Labute approximate surface area is 91.8 Å². The Morgan fingerprint density at radius 2 is 2.12 bits per heavy atom. The van der Waals surface area contributed by atoms with Crippen molar-refractivity contribution in [1.82, 2.24) is 15.6 Å². The molecule has 1 heterocycles. The van der Waals surface area contributed by atoms with Crippen molar-refractivity contribution >= 4 is 11.9 Å². The summed E-state index contributed by atoms with van der Waals surface area (Å²) in [6.07, 6.45) is -0.0582. The highest BCUT2D eigenvalue weighted by Crippen LogP contribution is 2.23. The maximum absolute atomic E-state index is 11.5. The summed E-state index contributed by atoms with van der Waals surface area (Å²) in [5, 5.41) is 18.5. The first-order valence-electron chi connectivity index (χ1n) is 4.65. The molecule has 0 bridgehead atoms. The number of amides is 1. The molecule has 1 rings (SSSR count). The second-order valence-corrected chi connectivity index (χ2v) is 3.69. The van der Waals surface area contributed by atoms with Crippen LogP contribution in [-0.4, -0.2) is 34.3 Å². The predicted octanol–water partition coefficient (Wildman–Crippen LogP) is -0.243. The molecule has 0 saturated heterocycles. The molecule has 0 radical (unpaired) electrons. The maximum Gasteiger partial charge on any atom is 0.319 e. The maximum atomic E-state index is 11.5. The second kappa shape index (κ2) is 4.30. The van der Waals surface area contributed by atoms with Crippen molar-refractivity contribution < 1.29 is 19.3 Å². The molecule has 2 N–H and O–H groups in total. The van der Waals surface area contributed by atoms with Gasteiger partial charge in [-0.1, -0.05) is 10.3 Å². The summed E-state index contributed by atoms with van der Waals surface area (Å²) in [6, 6.07) is 0. The van der Waals surface area contributed by atoms with Crippen LogP contribution in [0.5, 0.6) is 0 Å². The van der Waals surface area contributed by atoms with Crippen molar-refractivity contribution in [2.45, 2.75) is 20.3 Å². The molecule has 0 aliphatic heterocycles. The highest BCUT2D eigenvalue weighted by Gasteiger charge is 2.42. The van der Waals surface area contributed by atoms with Gasteiger partial charge in [0.25, 0.3) is 0 Å². The van der Waals surface area contributed by atoms with Gasteiger partial charge in [0.1, 0.15) is 16.8 Å². The minimum atomic E-state index is -1.57. The van der Waals surface area contributed by atoms with E-state index >= 15 is 0 Å². The molecular weight excluding hydrogens is 214 g/mol. The third kappa shape index (κ3) is 2.02. The lowest BCUT2D eigenvalue weighted by molar-refractivity contribution is -0.154. The van der Waals surface area contributed by atoms with Gasteiger partial charge in [0.15, 0.2) is 0 Å². The summed E-state index contributed by atoms with van der Waals surface area (Å²) in [4.78, 5) is 22.7. The van der Waals surface area contributed by atoms with Crippen molar-refractivity contribution in [2.24, 2.45) is 5.41 Å². The van der Waals surface area contributed by atoms with Gasteiger partial charge in [-0.25, -0.2) is 4.63 Å². The average molecular weight is 227 g/mol. The van der Waals surface area contributed by atoms with E-state index in [1.807, 2.05) is 0 Å². The fourth-order valence-electron chi connectivity index (χ4n) is 1.27. The molecular formula is C9H13N3O4. The summed E-state index contributed by atoms with van der Waals surface area (Å²) >= 11 is 0. The number of carbonyl (C=O) groups is 2. The topological polar surface area (TPSA) is 105 Å². The van der Waals surface area contributed by atoms with E-state index in [0.29, 0.717) is 11.4 Å². The van der Waals surface area contributed by atoms with Crippen LogP contribution in [0.25, 0.3) is 0 Å². The molecule has 1 atom stereocenters. The molecule has 0 spiro atoms. The van der Waals surface area contributed by atoms with Crippen molar-refractivity contribution in [3.63, 3.8) is 0 Å². The normalized spacial score (nSPS) is 14.2. The molecule has 0 saturated carbocycles. The number of nitrogens with one attached hydrogen (secondary N) is 1. The zero-order chi connectivity index (χ0) is 12.3. The molecule has 0 fully saturated rings. The summed E-state index contributed by atoms with van der Waals surface area (Å²) < 4.78 is 4.46. The van der Waals surface area contributed by atoms with Crippen molar-refractivity contribution in [1.29, 1.82) is 0 Å². The number of rotatable bonds is 4. The molecule has 7 heteroatoms. The number of hydrogen-bond acceptors (Lipinski definition) is 5. The lowest BCUT2D eigenvalue weighted by atomic mass is 9.84. The number of carbonyl (C=O) groups excluding carboxylic acids is 1. The molecule has 1 aromatic heterocycles. The van der Waals surface area contributed by atoms with Gasteiger partial charge in [-0.15, -0.1) is 0 Å². The van der Waals surface area contributed by atoms with E-state index in [2.05, 4.69) is 20.3 Å². The Bertz CT molecular complexity index is 415. The standard InChI is InChI=1S/C9H13N3O4/c1-5-6(12-16-11-5)4-9(2,8(14)15)7(13)10-3/h4H2,1-3H3,(H,10,13)(H,14,15). The summed E-state index contributed by atoms with van der Waals surface area (Å²) in [6.45, 7) is 2.97. The largest absolute Gasteiger partial charge is 0.480 e. The fraction of sp³-hybridized carbons (Fsp3) is 0.556. The predicted molar refractivity (Wildman–Crippen MR) is 52.5 cm³/mol. The van der Waals surface area contributed by atoms with E-state index < -0.39 is 17.3 Å². The molecule has 0 aliphatic rings. The number of carboxylic acid groups (broad SMARTS) is 1. The molecule has 1 unspecified atom stereocenters. The average Bonchev–Trinajstić information content (AvgIpc) is 2.62. The first-order chi connectivity index (χ1) is 7.41. The van der Waals surface area contributed by atoms with E-state index in [1.165, 1.54) is 14.0 Å². The fourth-order valence-corrected chi connectivity index (χ4v) is 1.27. The molecule has 1 amide bonds. The second-order valence-electron chi connectivity index (χ2n) is 3.69. The van der Waals surface area contributed by atoms with Crippen molar-refractivity contribution in [3.8, 4) is 0 Å². The summed E-state index contributed by atoms with van der Waals surface area (Å²) in [7, 11) is 1.39. The SMILES string of the molecule is CNC(=O)C(C)(Cc1nonc1C)C(=O)O. The van der Waals surface area contributed by atoms with Crippen LogP contribution in [0, 0.1) is 12.3 Å². The number of aryl methyl sites for hydroxylation is 1. The first kappa shape index (κ1) is 12.2. The zero-order valence-electron chi connectivity index (χ0n) is 9.27. The van der Waals surface area contributed by atoms with Crippen LogP contribution in [0.1, 0.15) is 18.3 Å². The summed E-state index contributed by atoms with van der Waals surface area (Å²) in [5.74, 6) is -1.79. The lowest BCUT2D eigenvalue weighted by Gasteiger charge is -2.21. The molecule has 1 aromatic rings. The van der Waals surface area contributed by atoms with Crippen LogP contribution < -0.4 is 5.32 Å². The van der Waals surface area contributed by atoms with Crippen LogP contribution in [0.4, 0.5) is 0 Å². The minimum Gasteiger partial charge on any atom is -0.480 e. The summed E-state index contributed by atoms with van der Waals surface area (Å²) in [5.41, 5.74) is -0.720. The van der Waals surface area contributed by atoms with Gasteiger partial charge < -0.3 is 10.4 Å². The van der Waals surface area contributed by atoms with Gasteiger partial charge in [0.05, 0.1) is 0 Å². The van der Waals surface area contributed by atoms with Gasteiger partial charge >= 0.3 is 5.97 Å². The smallest absolute Gasteiger partial charge is 0.319 e. The van der Waals surface area contributed by atoms with E-state index in [-0.39, 0.29) is 6.42 Å². The number of aromatic nitrogens is 2. The third-order valence-electron chi connectivity index (χ3n) is 2.47. The van der Waals surface area contributed by atoms with E-state index in [4.69, 9.17) is 5.11 Å². The number of hydrogen-bond donors (Lipinski definition) is 2. The van der Waals surface area contributed by atoms with Crippen molar-refractivity contribution in [3.05, 3.63) is 11.4 Å². The molecule has 16 heavy (non-hydrogen) atoms. The van der Waals surface area contributed by atoms with E-state index in [9.17, 15) is 9.59 Å². The minimum absolute atomic E-state index is 0.0582. The van der Waals surface area contributed by atoms with Gasteiger partial charge in [-0.05, 0) is 13.8 Å². The van der Waals surface area contributed by atoms with Crippen LogP contribution in [0.15, 0.2) is 4.63 Å². The monoisotopic (exact) mass is 227 g/mol. The zero-order valence-corrected chi connectivity index (χ0v) is 9.27. The van der Waals surface area contributed by atoms with Gasteiger partial charge in [-0.2, -0.15) is 0 Å². The van der Waals surface area contributed by atoms with E-state index in [1.54, 1.807) is 6.92 Å². The highest BCUT2D eigenvalue weighted by molar-refractivity contribution is 6.01. The number of carboxylic acids is 1. The Balaban J connectivity index is 3.01. The van der Waals surface area contributed by atoms with Gasteiger partial charge in [-0.3, -0.25) is 9.59 Å². The van der Waals surface area contributed by atoms with Crippen LogP contribution in [0.2, 0.25) is 0 Å². The van der Waals surface area contributed by atoms with Crippen LogP contribution >= 0.6 is 0 Å². The van der Waals surface area contributed by atoms with Gasteiger partial charge in [0.2, 0.25) is 5.91 Å². The lowest BCUT2D eigenvalue weighted by Crippen LogP contribution is -2.44. The quantitative estimate of drug-likeness (QED) is 0.687. The van der Waals surface area contributed by atoms with Gasteiger partial charge in [0, 0.05) is 13.5 Å². The Morgan fingerprint density at radius 1 is 1.50 bits per heavy atom. The Kier molecular flexibility index (Phi) is 3.26. The molecule has 0 aliphatic carbocycles. The van der Waals surface area contributed by atoms with Crippen LogP contribution in [-0.2, 0) is 16.0 Å². The third-order valence-corrected chi connectivity index (χ3v) is 2.47. The highest BCUT2D eigenvalue weighted by atomic mass is 16.6. The van der Waals surface area contributed by atoms with Crippen molar-refractivity contribution in [2.75, 3.05) is 7.05 Å². The first-order valence-corrected chi connectivity index (χ1v) is 4.65. The molecule has 88 valence electrons. The Hall–Kier alpha value is -1.92. The number of nitrogens with zero attached hydrogens (tertiary/aromatic N) is 2. The van der Waals surface area contributed by atoms with E-state index in [0.717, 1.165) is 0 Å². The number of aliphatic carboxylic acids is 1. The molecule has 0 aromatic carbocycles. The molecule has 7 nitrogen and oxygen atoms in total. The Morgan fingerprint density at radius 3 is 2.50 bits per heavy atom.